The third kappa shape index (κ3) is 7.28. The Labute approximate surface area is 221 Å². The first-order valence-electron chi connectivity index (χ1n) is 12.6. The molecule has 0 saturated carbocycles. The number of hydrogen-bond donors (Lipinski definition) is 2. The second-order valence-corrected chi connectivity index (χ2v) is 12.1. The third-order valence-electron chi connectivity index (χ3n) is 6.32. The van der Waals surface area contributed by atoms with Crippen molar-refractivity contribution in [2.24, 2.45) is 0 Å². The van der Waals surface area contributed by atoms with Gasteiger partial charge in [0.05, 0.1) is 17.9 Å². The maximum absolute atomic E-state index is 13.1. The van der Waals surface area contributed by atoms with Crippen LogP contribution in [0, 0.1) is 0 Å². The average molecular weight is 523 g/mol. The molecule has 0 fully saturated rings. The fourth-order valence-electron chi connectivity index (χ4n) is 4.51. The highest BCUT2D eigenvalue weighted by Gasteiger charge is 2.22. The molecule has 7 heteroatoms. The largest absolute Gasteiger partial charge is 0.392 e. The molecule has 0 heterocycles. The first-order valence-corrected chi connectivity index (χ1v) is 14.1. The van der Waals surface area contributed by atoms with E-state index in [1.54, 1.807) is 12.1 Å². The van der Waals surface area contributed by atoms with Gasteiger partial charge in [-0.25, -0.2) is 13.1 Å². The van der Waals surface area contributed by atoms with E-state index < -0.39 is 15.9 Å². The fraction of sp³-hybridized carbons (Fsp3) is 0.367. The van der Waals surface area contributed by atoms with Crippen LogP contribution in [0.3, 0.4) is 0 Å². The van der Waals surface area contributed by atoms with Crippen LogP contribution in [0.5, 0.6) is 0 Å². The molecule has 6 nitrogen and oxygen atoms in total. The lowest BCUT2D eigenvalue weighted by Gasteiger charge is -2.22. The van der Waals surface area contributed by atoms with Crippen molar-refractivity contribution in [3.05, 3.63) is 88.5 Å². The molecule has 0 spiro atoms. The summed E-state index contributed by atoms with van der Waals surface area (Å²) in [5.41, 5.74) is 6.71. The fourth-order valence-corrected chi connectivity index (χ4v) is 5.50. The normalized spacial score (nSPS) is 11.9. The first-order chi connectivity index (χ1) is 17.4. The van der Waals surface area contributed by atoms with Gasteiger partial charge >= 0.3 is 0 Å². The molecule has 3 aromatic carbocycles. The van der Waals surface area contributed by atoms with Crippen molar-refractivity contribution in [2.75, 3.05) is 14.1 Å². The number of nitrogens with one attached hydrogen (secondary N) is 1. The monoisotopic (exact) mass is 522 g/mol. The molecule has 37 heavy (non-hydrogen) atoms. The molecule has 198 valence electrons. The highest BCUT2D eigenvalue weighted by atomic mass is 32.2. The van der Waals surface area contributed by atoms with E-state index in [0.29, 0.717) is 6.54 Å². The highest BCUT2D eigenvalue weighted by Crippen LogP contribution is 2.34. The zero-order chi connectivity index (χ0) is 27.3. The van der Waals surface area contributed by atoms with E-state index >= 15 is 0 Å². The third-order valence-corrected chi connectivity index (χ3v) is 7.71. The molecule has 0 aromatic heterocycles. The average Bonchev–Trinajstić information content (AvgIpc) is 2.83. The molecule has 3 rings (SSSR count). The van der Waals surface area contributed by atoms with Crippen LogP contribution < -0.4 is 4.72 Å². The summed E-state index contributed by atoms with van der Waals surface area (Å²) in [6.45, 7) is 8.94. The summed E-state index contributed by atoms with van der Waals surface area (Å²) in [4.78, 5) is 15.1. The zero-order valence-electron chi connectivity index (χ0n) is 22.6. The predicted molar refractivity (Wildman–Crippen MR) is 149 cm³/mol. The summed E-state index contributed by atoms with van der Waals surface area (Å²) in [5.74, 6) is -0.305. The molecule has 1 amide bonds. The number of hydrogen-bond acceptors (Lipinski definition) is 5. The van der Waals surface area contributed by atoms with Crippen molar-refractivity contribution in [1.29, 1.82) is 0 Å². The molecule has 0 bridgehead atoms. The smallest absolute Gasteiger partial charge is 0.264 e. The minimum absolute atomic E-state index is 0.0318. The number of carbonyl (C=O) groups is 1. The minimum atomic E-state index is -3.99. The van der Waals surface area contributed by atoms with Gasteiger partial charge in [0.25, 0.3) is 10.0 Å². The maximum Gasteiger partial charge on any atom is 0.264 e. The molecule has 0 aliphatic carbocycles. The molecule has 0 aliphatic rings. The van der Waals surface area contributed by atoms with Gasteiger partial charge in [-0.05, 0) is 83.1 Å². The molecular formula is C30H38N2O4S. The molecule has 0 aliphatic heterocycles. The summed E-state index contributed by atoms with van der Waals surface area (Å²) in [5, 5.41) is 9.57. The maximum atomic E-state index is 13.1. The number of nitrogens with zero attached hydrogens (tertiary/aromatic N) is 1. The lowest BCUT2D eigenvalue weighted by atomic mass is 9.84. The van der Waals surface area contributed by atoms with Crippen molar-refractivity contribution in [3.63, 3.8) is 0 Å². The number of aliphatic hydroxyl groups is 1. The number of benzene rings is 3. The number of aliphatic hydroxyl groups excluding tert-OH is 1. The summed E-state index contributed by atoms with van der Waals surface area (Å²) < 4.78 is 28.2. The van der Waals surface area contributed by atoms with Crippen LogP contribution in [0.1, 0.15) is 67.3 Å². The van der Waals surface area contributed by atoms with Gasteiger partial charge in [-0.3, -0.25) is 4.79 Å². The van der Waals surface area contributed by atoms with Crippen LogP contribution in [0.15, 0.2) is 65.6 Å². The van der Waals surface area contributed by atoms with E-state index in [-0.39, 0.29) is 29.8 Å². The standard InChI is InChI=1S/C30H38N2O4S/c1-20(2)27-15-25(24-9-7-8-23(14-24)19-33)16-28(21(3)4)29(27)17-30(34)31-37(35,36)26-12-10-22(11-13-26)18-32(5)6/h7-16,20-21,33H,17-19H2,1-6H3,(H,31,34). The van der Waals surface area contributed by atoms with Crippen LogP contribution in [-0.4, -0.2) is 38.4 Å². The number of rotatable bonds is 10. The van der Waals surface area contributed by atoms with Gasteiger partial charge in [-0.2, -0.15) is 0 Å². The molecule has 3 aromatic rings. The van der Waals surface area contributed by atoms with Crippen molar-refractivity contribution in [1.82, 2.24) is 9.62 Å². The molecular weight excluding hydrogens is 484 g/mol. The highest BCUT2D eigenvalue weighted by molar-refractivity contribution is 7.90. The number of amides is 1. The predicted octanol–water partition coefficient (Wildman–Crippen LogP) is 5.20. The van der Waals surface area contributed by atoms with E-state index in [1.807, 2.05) is 43.3 Å². The van der Waals surface area contributed by atoms with Crippen molar-refractivity contribution in [3.8, 4) is 11.1 Å². The summed E-state index contributed by atoms with van der Waals surface area (Å²) >= 11 is 0. The Morgan fingerprint density at radius 3 is 1.97 bits per heavy atom. The Bertz CT molecular complexity index is 1320. The Hall–Kier alpha value is -3.00. The molecule has 0 atom stereocenters. The van der Waals surface area contributed by atoms with Crippen molar-refractivity contribution >= 4 is 15.9 Å². The molecule has 2 N–H and O–H groups in total. The van der Waals surface area contributed by atoms with Gasteiger partial charge in [0.2, 0.25) is 5.91 Å². The van der Waals surface area contributed by atoms with Gasteiger partial charge in [0, 0.05) is 6.54 Å². The summed E-state index contributed by atoms with van der Waals surface area (Å²) in [6.07, 6.45) is -0.0318. The quantitative estimate of drug-likeness (QED) is 0.382. The van der Waals surface area contributed by atoms with Gasteiger partial charge in [0.15, 0.2) is 0 Å². The zero-order valence-corrected chi connectivity index (χ0v) is 23.4. The summed E-state index contributed by atoms with van der Waals surface area (Å²) in [7, 11) is -0.0969. The van der Waals surface area contributed by atoms with Crippen LogP contribution in [-0.2, 0) is 34.4 Å². The Balaban J connectivity index is 1.92. The summed E-state index contributed by atoms with van der Waals surface area (Å²) in [6, 6.07) is 18.5. The topological polar surface area (TPSA) is 86.7 Å². The van der Waals surface area contributed by atoms with Crippen molar-refractivity contribution < 1.29 is 18.3 Å². The van der Waals surface area contributed by atoms with E-state index in [4.69, 9.17) is 0 Å². The first kappa shape index (κ1) is 28.6. The van der Waals surface area contributed by atoms with E-state index in [9.17, 15) is 18.3 Å². The van der Waals surface area contributed by atoms with Crippen LogP contribution >= 0.6 is 0 Å². The second-order valence-electron chi connectivity index (χ2n) is 10.4. The van der Waals surface area contributed by atoms with Gasteiger partial charge in [-0.1, -0.05) is 70.2 Å². The SMILES string of the molecule is CC(C)c1cc(-c2cccc(CO)c2)cc(C(C)C)c1CC(=O)NS(=O)(=O)c1ccc(CN(C)C)cc1. The van der Waals surface area contributed by atoms with Crippen LogP contribution in [0.2, 0.25) is 0 Å². The van der Waals surface area contributed by atoms with Gasteiger partial charge in [-0.15, -0.1) is 0 Å². The van der Waals surface area contributed by atoms with Crippen LogP contribution in [0.4, 0.5) is 0 Å². The Morgan fingerprint density at radius 2 is 1.46 bits per heavy atom. The molecule has 0 saturated heterocycles. The lowest BCUT2D eigenvalue weighted by Crippen LogP contribution is -2.32. The van der Waals surface area contributed by atoms with E-state index in [0.717, 1.165) is 38.9 Å². The number of sulfonamides is 1. The Morgan fingerprint density at radius 1 is 0.865 bits per heavy atom. The van der Waals surface area contributed by atoms with E-state index in [2.05, 4.69) is 44.5 Å². The van der Waals surface area contributed by atoms with E-state index in [1.165, 1.54) is 12.1 Å². The molecule has 0 unspecified atom stereocenters. The molecule has 0 radical (unpaired) electrons. The Kier molecular flexibility index (Phi) is 9.29. The lowest BCUT2D eigenvalue weighted by molar-refractivity contribution is -0.118. The minimum Gasteiger partial charge on any atom is -0.392 e. The van der Waals surface area contributed by atoms with Crippen LogP contribution in [0.25, 0.3) is 11.1 Å². The second kappa shape index (κ2) is 12.0. The van der Waals surface area contributed by atoms with Gasteiger partial charge < -0.3 is 10.0 Å². The number of carbonyl (C=O) groups excluding carboxylic acids is 1. The van der Waals surface area contributed by atoms with Gasteiger partial charge in [0.1, 0.15) is 0 Å². The van der Waals surface area contributed by atoms with Crippen molar-refractivity contribution in [2.45, 2.75) is 64.0 Å².